The second kappa shape index (κ2) is 9.14. The number of carbonyl (C=O) groups is 1. The van der Waals surface area contributed by atoms with E-state index in [4.69, 9.17) is 16.3 Å². The summed E-state index contributed by atoms with van der Waals surface area (Å²) < 4.78 is 7.11. The molecule has 0 spiro atoms. The topological polar surface area (TPSA) is 47.4 Å². The summed E-state index contributed by atoms with van der Waals surface area (Å²) in [7, 11) is 3.45. The number of benzene rings is 2. The molecule has 1 saturated heterocycles. The Bertz CT molecular complexity index is 1050. The summed E-state index contributed by atoms with van der Waals surface area (Å²) in [5, 5.41) is 5.66. The van der Waals surface area contributed by atoms with Crippen LogP contribution in [-0.4, -0.2) is 46.5 Å². The predicted molar refractivity (Wildman–Crippen MR) is 122 cm³/mol. The SMILES string of the molecule is COc1ccccc1-c1cc(C(=O)N2CCSC(c3ccccc3Cl)CC2)n(C)n1. The van der Waals surface area contributed by atoms with Gasteiger partial charge < -0.3 is 9.64 Å². The molecule has 0 aliphatic carbocycles. The molecular weight excluding hydrogens is 418 g/mol. The fourth-order valence-corrected chi connectivity index (χ4v) is 5.37. The molecule has 0 N–H and O–H groups in total. The van der Waals surface area contributed by atoms with Gasteiger partial charge in [0.15, 0.2) is 0 Å². The van der Waals surface area contributed by atoms with E-state index in [2.05, 4.69) is 11.2 Å². The molecular formula is C23H24ClN3O2S. The standard InChI is InChI=1S/C23H24ClN3O2S/c1-26-20(15-19(25-26)17-8-4-6-10-21(17)29-2)23(28)27-12-11-22(30-14-13-27)16-7-3-5-9-18(16)24/h3-10,15,22H,11-14H2,1-2H3. The van der Waals surface area contributed by atoms with Crippen molar-refractivity contribution in [3.8, 4) is 17.0 Å². The number of carbonyl (C=O) groups excluding carboxylic acids is 1. The molecule has 156 valence electrons. The Morgan fingerprint density at radius 3 is 2.73 bits per heavy atom. The second-order valence-corrected chi connectivity index (χ2v) is 8.92. The first-order valence-electron chi connectivity index (χ1n) is 9.91. The molecule has 0 saturated carbocycles. The van der Waals surface area contributed by atoms with E-state index in [-0.39, 0.29) is 5.91 Å². The van der Waals surface area contributed by atoms with Crippen LogP contribution in [-0.2, 0) is 7.05 Å². The lowest BCUT2D eigenvalue weighted by Gasteiger charge is -2.20. The number of nitrogens with zero attached hydrogens (tertiary/aromatic N) is 3. The maximum atomic E-state index is 13.3. The number of para-hydroxylation sites is 1. The molecule has 2 aromatic carbocycles. The Morgan fingerprint density at radius 2 is 1.93 bits per heavy atom. The zero-order valence-corrected chi connectivity index (χ0v) is 18.6. The number of thioether (sulfide) groups is 1. The number of ether oxygens (including phenoxy) is 1. The minimum Gasteiger partial charge on any atom is -0.496 e. The fraction of sp³-hybridized carbons (Fsp3) is 0.304. The smallest absolute Gasteiger partial charge is 0.272 e. The summed E-state index contributed by atoms with van der Waals surface area (Å²) in [5.74, 6) is 1.62. The third-order valence-electron chi connectivity index (χ3n) is 5.36. The van der Waals surface area contributed by atoms with Gasteiger partial charge in [-0.15, -0.1) is 0 Å². The first-order chi connectivity index (χ1) is 14.6. The molecule has 5 nitrogen and oxygen atoms in total. The Morgan fingerprint density at radius 1 is 1.17 bits per heavy atom. The van der Waals surface area contributed by atoms with E-state index in [0.29, 0.717) is 24.0 Å². The third kappa shape index (κ3) is 4.20. The van der Waals surface area contributed by atoms with E-state index in [0.717, 1.165) is 39.8 Å². The third-order valence-corrected chi connectivity index (χ3v) is 7.02. The van der Waals surface area contributed by atoms with E-state index in [9.17, 15) is 4.79 Å². The summed E-state index contributed by atoms with van der Waals surface area (Å²) in [6.07, 6.45) is 0.872. The average Bonchev–Trinajstić information content (AvgIpc) is 2.99. The van der Waals surface area contributed by atoms with Crippen LogP contribution in [0.5, 0.6) is 5.75 Å². The van der Waals surface area contributed by atoms with Gasteiger partial charge in [-0.1, -0.05) is 41.9 Å². The van der Waals surface area contributed by atoms with Crippen LogP contribution in [0.4, 0.5) is 0 Å². The first kappa shape index (κ1) is 20.8. The van der Waals surface area contributed by atoms with Gasteiger partial charge in [-0.2, -0.15) is 16.9 Å². The zero-order valence-electron chi connectivity index (χ0n) is 17.0. The van der Waals surface area contributed by atoms with E-state index in [1.165, 1.54) is 0 Å². The van der Waals surface area contributed by atoms with Crippen LogP contribution in [0.3, 0.4) is 0 Å². The van der Waals surface area contributed by atoms with E-state index in [1.807, 2.05) is 72.2 Å². The van der Waals surface area contributed by atoms with Crippen molar-refractivity contribution in [3.63, 3.8) is 0 Å². The minimum atomic E-state index is 0.00607. The number of methoxy groups -OCH3 is 1. The van der Waals surface area contributed by atoms with E-state index < -0.39 is 0 Å². The summed E-state index contributed by atoms with van der Waals surface area (Å²) in [6, 6.07) is 17.5. The van der Waals surface area contributed by atoms with Crippen LogP contribution in [0.25, 0.3) is 11.3 Å². The number of aryl methyl sites for hydroxylation is 1. The lowest BCUT2D eigenvalue weighted by Crippen LogP contribution is -2.34. The number of rotatable bonds is 4. The number of halogens is 1. The summed E-state index contributed by atoms with van der Waals surface area (Å²) in [5.41, 5.74) is 3.34. The molecule has 30 heavy (non-hydrogen) atoms. The molecule has 1 fully saturated rings. The normalized spacial score (nSPS) is 16.9. The highest BCUT2D eigenvalue weighted by Crippen LogP contribution is 2.38. The number of amides is 1. The minimum absolute atomic E-state index is 0.00607. The maximum absolute atomic E-state index is 13.3. The molecule has 1 amide bonds. The van der Waals surface area contributed by atoms with Crippen molar-refractivity contribution in [2.75, 3.05) is 26.0 Å². The van der Waals surface area contributed by atoms with E-state index in [1.54, 1.807) is 11.8 Å². The summed E-state index contributed by atoms with van der Waals surface area (Å²) >= 11 is 8.26. The van der Waals surface area contributed by atoms with Gasteiger partial charge in [-0.3, -0.25) is 9.48 Å². The highest BCUT2D eigenvalue weighted by molar-refractivity contribution is 7.99. The molecule has 1 unspecified atom stereocenters. The van der Waals surface area contributed by atoms with Crippen molar-refractivity contribution in [1.29, 1.82) is 0 Å². The predicted octanol–water partition coefficient (Wildman–Crippen LogP) is 5.07. The van der Waals surface area contributed by atoms with Gasteiger partial charge in [-0.25, -0.2) is 0 Å². The van der Waals surface area contributed by atoms with Crippen LogP contribution in [0.1, 0.15) is 27.7 Å². The molecule has 7 heteroatoms. The van der Waals surface area contributed by atoms with E-state index >= 15 is 0 Å². The van der Waals surface area contributed by atoms with Crippen LogP contribution < -0.4 is 4.74 Å². The molecule has 1 atom stereocenters. The quantitative estimate of drug-likeness (QED) is 0.567. The average molecular weight is 442 g/mol. The molecule has 0 radical (unpaired) electrons. The van der Waals surface area contributed by atoms with Gasteiger partial charge in [0.2, 0.25) is 0 Å². The highest BCUT2D eigenvalue weighted by atomic mass is 35.5. The highest BCUT2D eigenvalue weighted by Gasteiger charge is 2.26. The molecule has 1 aromatic heterocycles. The lowest BCUT2D eigenvalue weighted by molar-refractivity contribution is 0.0755. The Labute approximate surface area is 186 Å². The fourth-order valence-electron chi connectivity index (χ4n) is 3.78. The zero-order chi connectivity index (χ0) is 21.1. The van der Waals surface area contributed by atoms with Crippen molar-refractivity contribution in [3.05, 3.63) is 70.9 Å². The second-order valence-electron chi connectivity index (χ2n) is 7.20. The van der Waals surface area contributed by atoms with Gasteiger partial charge in [0.05, 0.1) is 12.8 Å². The number of hydrogen-bond donors (Lipinski definition) is 0. The maximum Gasteiger partial charge on any atom is 0.272 e. The van der Waals surface area contributed by atoms with Gasteiger partial charge >= 0.3 is 0 Å². The first-order valence-corrected chi connectivity index (χ1v) is 11.3. The lowest BCUT2D eigenvalue weighted by atomic mass is 10.1. The van der Waals surface area contributed by atoms with Gasteiger partial charge in [-0.05, 0) is 36.2 Å². The summed E-state index contributed by atoms with van der Waals surface area (Å²) in [6.45, 7) is 1.40. The van der Waals surface area contributed by atoms with Crippen LogP contribution in [0, 0.1) is 0 Å². The van der Waals surface area contributed by atoms with Crippen molar-refractivity contribution >= 4 is 29.3 Å². The van der Waals surface area contributed by atoms with Crippen molar-refractivity contribution in [1.82, 2.24) is 14.7 Å². The van der Waals surface area contributed by atoms with Crippen molar-refractivity contribution < 1.29 is 9.53 Å². The number of aromatic nitrogens is 2. The molecule has 1 aliphatic heterocycles. The molecule has 0 bridgehead atoms. The Kier molecular flexibility index (Phi) is 6.35. The molecule has 2 heterocycles. The van der Waals surface area contributed by atoms with Crippen LogP contribution >= 0.6 is 23.4 Å². The number of hydrogen-bond acceptors (Lipinski definition) is 4. The van der Waals surface area contributed by atoms with Crippen LogP contribution in [0.2, 0.25) is 5.02 Å². The monoisotopic (exact) mass is 441 g/mol. The van der Waals surface area contributed by atoms with Gasteiger partial charge in [0.1, 0.15) is 11.4 Å². The Balaban J connectivity index is 1.52. The molecule has 3 aromatic rings. The Hall–Kier alpha value is -2.44. The summed E-state index contributed by atoms with van der Waals surface area (Å²) in [4.78, 5) is 15.2. The van der Waals surface area contributed by atoms with Gasteiger partial charge in [0, 0.05) is 41.7 Å². The molecule has 1 aliphatic rings. The van der Waals surface area contributed by atoms with Gasteiger partial charge in [0.25, 0.3) is 5.91 Å². The van der Waals surface area contributed by atoms with Crippen LogP contribution in [0.15, 0.2) is 54.6 Å². The van der Waals surface area contributed by atoms with Crippen molar-refractivity contribution in [2.24, 2.45) is 7.05 Å². The largest absolute Gasteiger partial charge is 0.496 e. The van der Waals surface area contributed by atoms with Crippen molar-refractivity contribution in [2.45, 2.75) is 11.7 Å². The molecule has 4 rings (SSSR count).